The van der Waals surface area contributed by atoms with Gasteiger partial charge in [-0.3, -0.25) is 9.59 Å². The minimum Gasteiger partial charge on any atom is -0.393 e. The summed E-state index contributed by atoms with van der Waals surface area (Å²) in [7, 11) is 0. The SMILES string of the molecule is C=CC(=O)NCc1ccc(C(=O)N2CCC3(CCC(O)CC3)CC2)cc1. The molecule has 1 aromatic rings. The van der Waals surface area contributed by atoms with E-state index in [2.05, 4.69) is 11.9 Å². The third kappa shape index (κ3) is 4.33. The Morgan fingerprint density at radius 1 is 1.15 bits per heavy atom. The number of nitrogens with one attached hydrogen (secondary N) is 1. The average Bonchev–Trinajstić information content (AvgIpc) is 2.69. The van der Waals surface area contributed by atoms with Crippen molar-refractivity contribution in [2.75, 3.05) is 13.1 Å². The summed E-state index contributed by atoms with van der Waals surface area (Å²) < 4.78 is 0. The Morgan fingerprint density at radius 3 is 2.35 bits per heavy atom. The number of hydrogen-bond donors (Lipinski definition) is 2. The molecule has 3 rings (SSSR count). The van der Waals surface area contributed by atoms with Crippen LogP contribution in [0.5, 0.6) is 0 Å². The minimum atomic E-state index is -0.206. The maximum Gasteiger partial charge on any atom is 0.253 e. The van der Waals surface area contributed by atoms with E-state index < -0.39 is 0 Å². The first-order valence-corrected chi connectivity index (χ1v) is 9.48. The van der Waals surface area contributed by atoms with Crippen LogP contribution in [0.3, 0.4) is 0 Å². The van der Waals surface area contributed by atoms with Crippen molar-refractivity contribution in [3.63, 3.8) is 0 Å². The second kappa shape index (κ2) is 8.04. The maximum absolute atomic E-state index is 12.7. The van der Waals surface area contributed by atoms with Crippen molar-refractivity contribution in [2.24, 2.45) is 5.41 Å². The topological polar surface area (TPSA) is 69.6 Å². The fourth-order valence-corrected chi connectivity index (χ4v) is 4.11. The molecule has 26 heavy (non-hydrogen) atoms. The molecule has 1 heterocycles. The van der Waals surface area contributed by atoms with Crippen molar-refractivity contribution in [2.45, 2.75) is 51.2 Å². The number of amides is 2. The molecule has 1 spiro atoms. The van der Waals surface area contributed by atoms with Crippen molar-refractivity contribution in [3.05, 3.63) is 48.0 Å². The van der Waals surface area contributed by atoms with Gasteiger partial charge in [0.05, 0.1) is 6.10 Å². The summed E-state index contributed by atoms with van der Waals surface area (Å²) in [6.45, 7) is 5.45. The average molecular weight is 356 g/mol. The fraction of sp³-hybridized carbons (Fsp3) is 0.524. The molecule has 2 amide bonds. The van der Waals surface area contributed by atoms with Crippen molar-refractivity contribution in [1.29, 1.82) is 0 Å². The van der Waals surface area contributed by atoms with Gasteiger partial charge in [-0.25, -0.2) is 0 Å². The van der Waals surface area contributed by atoms with Gasteiger partial charge in [-0.2, -0.15) is 0 Å². The molecule has 1 aromatic carbocycles. The predicted octanol–water partition coefficient (Wildman–Crippen LogP) is 2.65. The first-order valence-electron chi connectivity index (χ1n) is 9.48. The molecule has 0 radical (unpaired) electrons. The Bertz CT molecular complexity index is 650. The van der Waals surface area contributed by atoms with Crippen LogP contribution in [0.15, 0.2) is 36.9 Å². The Balaban J connectivity index is 1.53. The quantitative estimate of drug-likeness (QED) is 0.815. The zero-order valence-electron chi connectivity index (χ0n) is 15.2. The lowest BCUT2D eigenvalue weighted by molar-refractivity contribution is -0.116. The second-order valence-electron chi connectivity index (χ2n) is 7.64. The van der Waals surface area contributed by atoms with E-state index in [4.69, 9.17) is 0 Å². The second-order valence-corrected chi connectivity index (χ2v) is 7.64. The highest BCUT2D eigenvalue weighted by Crippen LogP contribution is 2.44. The molecule has 2 N–H and O–H groups in total. The highest BCUT2D eigenvalue weighted by atomic mass is 16.3. The van der Waals surface area contributed by atoms with E-state index in [1.165, 1.54) is 6.08 Å². The summed E-state index contributed by atoms with van der Waals surface area (Å²) in [5.74, 6) is -0.125. The number of benzene rings is 1. The first-order chi connectivity index (χ1) is 12.5. The molecule has 2 fully saturated rings. The van der Waals surface area contributed by atoms with E-state index in [0.717, 1.165) is 57.2 Å². The minimum absolute atomic E-state index is 0.0809. The van der Waals surface area contributed by atoms with E-state index in [1.54, 1.807) is 0 Å². The Kier molecular flexibility index (Phi) is 5.77. The van der Waals surface area contributed by atoms with Gasteiger partial charge in [0.25, 0.3) is 5.91 Å². The summed E-state index contributed by atoms with van der Waals surface area (Å²) in [5.41, 5.74) is 1.98. The first kappa shape index (κ1) is 18.6. The van der Waals surface area contributed by atoms with Gasteiger partial charge in [-0.15, -0.1) is 0 Å². The number of aliphatic hydroxyl groups excluding tert-OH is 1. The number of carbonyl (C=O) groups is 2. The van der Waals surface area contributed by atoms with Crippen LogP contribution in [-0.4, -0.2) is 41.0 Å². The predicted molar refractivity (Wildman–Crippen MR) is 101 cm³/mol. The molecule has 140 valence electrons. The van der Waals surface area contributed by atoms with Crippen LogP contribution in [0.4, 0.5) is 0 Å². The molecule has 2 aliphatic rings. The molecule has 1 saturated carbocycles. The van der Waals surface area contributed by atoms with E-state index in [-0.39, 0.29) is 17.9 Å². The molecule has 0 unspecified atom stereocenters. The van der Waals surface area contributed by atoms with Crippen molar-refractivity contribution in [3.8, 4) is 0 Å². The fourth-order valence-electron chi connectivity index (χ4n) is 4.11. The van der Waals surface area contributed by atoms with Crippen molar-refractivity contribution < 1.29 is 14.7 Å². The summed E-state index contributed by atoms with van der Waals surface area (Å²) in [6, 6.07) is 7.42. The largest absolute Gasteiger partial charge is 0.393 e. The van der Waals surface area contributed by atoms with Gasteiger partial charge in [0.15, 0.2) is 0 Å². The van der Waals surface area contributed by atoms with Crippen LogP contribution in [-0.2, 0) is 11.3 Å². The van der Waals surface area contributed by atoms with Gasteiger partial charge in [0, 0.05) is 25.2 Å². The standard InChI is InChI=1S/C21H28N2O3/c1-2-19(25)22-15-16-3-5-17(6-4-16)20(26)23-13-11-21(12-14-23)9-7-18(24)8-10-21/h2-6,18,24H,1,7-15H2,(H,22,25). The summed E-state index contributed by atoms with van der Waals surface area (Å²) in [4.78, 5) is 25.9. The smallest absolute Gasteiger partial charge is 0.253 e. The Labute approximate surface area is 155 Å². The Hall–Kier alpha value is -2.14. The molecule has 5 nitrogen and oxygen atoms in total. The van der Waals surface area contributed by atoms with Gasteiger partial charge in [0.2, 0.25) is 5.91 Å². The van der Waals surface area contributed by atoms with E-state index in [9.17, 15) is 14.7 Å². The van der Waals surface area contributed by atoms with Gasteiger partial charge >= 0.3 is 0 Å². The zero-order valence-corrected chi connectivity index (χ0v) is 15.2. The zero-order chi connectivity index (χ0) is 18.6. The normalized spacial score (nSPS) is 20.0. The molecular formula is C21H28N2O3. The lowest BCUT2D eigenvalue weighted by Gasteiger charge is -2.45. The van der Waals surface area contributed by atoms with Crippen molar-refractivity contribution >= 4 is 11.8 Å². The molecule has 5 heteroatoms. The highest BCUT2D eigenvalue weighted by molar-refractivity contribution is 5.94. The number of aliphatic hydroxyl groups is 1. The van der Waals surface area contributed by atoms with E-state index in [0.29, 0.717) is 17.5 Å². The van der Waals surface area contributed by atoms with Gasteiger partial charge in [0.1, 0.15) is 0 Å². The molecular weight excluding hydrogens is 328 g/mol. The van der Waals surface area contributed by atoms with E-state index in [1.807, 2.05) is 29.2 Å². The maximum atomic E-state index is 12.7. The van der Waals surface area contributed by atoms with Crippen LogP contribution in [0.1, 0.15) is 54.4 Å². The molecule has 0 aromatic heterocycles. The van der Waals surface area contributed by atoms with Crippen LogP contribution in [0.2, 0.25) is 0 Å². The molecule has 1 saturated heterocycles. The molecule has 0 bridgehead atoms. The summed E-state index contributed by atoms with van der Waals surface area (Å²) in [5, 5.41) is 12.5. The van der Waals surface area contributed by atoms with Crippen LogP contribution in [0, 0.1) is 5.41 Å². The number of likely N-dealkylation sites (tertiary alicyclic amines) is 1. The van der Waals surface area contributed by atoms with Gasteiger partial charge < -0.3 is 15.3 Å². The third-order valence-electron chi connectivity index (χ3n) is 5.98. The highest BCUT2D eigenvalue weighted by Gasteiger charge is 2.38. The lowest BCUT2D eigenvalue weighted by atomic mass is 9.67. The molecule has 1 aliphatic heterocycles. The van der Waals surface area contributed by atoms with Crippen molar-refractivity contribution in [1.82, 2.24) is 10.2 Å². The summed E-state index contributed by atoms with van der Waals surface area (Å²) in [6.07, 6.45) is 7.16. The lowest BCUT2D eigenvalue weighted by Crippen LogP contribution is -2.45. The number of carbonyl (C=O) groups excluding carboxylic acids is 2. The Morgan fingerprint density at radius 2 is 1.77 bits per heavy atom. The van der Waals surface area contributed by atoms with Gasteiger partial charge in [-0.1, -0.05) is 18.7 Å². The molecule has 0 atom stereocenters. The third-order valence-corrected chi connectivity index (χ3v) is 5.98. The van der Waals surface area contributed by atoms with Crippen LogP contribution >= 0.6 is 0 Å². The van der Waals surface area contributed by atoms with Crippen LogP contribution < -0.4 is 5.32 Å². The van der Waals surface area contributed by atoms with E-state index >= 15 is 0 Å². The number of nitrogens with zero attached hydrogens (tertiary/aromatic N) is 1. The van der Waals surface area contributed by atoms with Crippen LogP contribution in [0.25, 0.3) is 0 Å². The monoisotopic (exact) mass is 356 g/mol. The number of piperidine rings is 1. The number of hydrogen-bond acceptors (Lipinski definition) is 3. The molecule has 1 aliphatic carbocycles. The summed E-state index contributed by atoms with van der Waals surface area (Å²) >= 11 is 0. The number of rotatable bonds is 4. The van der Waals surface area contributed by atoms with Gasteiger partial charge in [-0.05, 0) is 67.7 Å².